The van der Waals surface area contributed by atoms with E-state index in [0.717, 1.165) is 0 Å². The van der Waals surface area contributed by atoms with Gasteiger partial charge in [0.2, 0.25) is 0 Å². The molecule has 0 radical (unpaired) electrons. The summed E-state index contributed by atoms with van der Waals surface area (Å²) < 4.78 is 1.61. The van der Waals surface area contributed by atoms with E-state index in [0.29, 0.717) is 0 Å². The first-order valence-electron chi connectivity index (χ1n) is 1.97. The summed E-state index contributed by atoms with van der Waals surface area (Å²) in [7, 11) is 0. The van der Waals surface area contributed by atoms with Crippen LogP contribution in [0.1, 0.15) is 6.42 Å². The molecule has 0 N–H and O–H groups in total. The Kier molecular flexibility index (Phi) is 8.85. The van der Waals surface area contributed by atoms with Crippen molar-refractivity contribution in [3.05, 3.63) is 21.6 Å². The van der Waals surface area contributed by atoms with E-state index in [-0.39, 0.29) is 24.8 Å². The van der Waals surface area contributed by atoms with Gasteiger partial charge < -0.3 is 0 Å². The van der Waals surface area contributed by atoms with E-state index >= 15 is 0 Å². The van der Waals surface area contributed by atoms with Crippen molar-refractivity contribution >= 4 is 24.8 Å². The van der Waals surface area contributed by atoms with Crippen molar-refractivity contribution in [2.24, 2.45) is 0 Å². The van der Waals surface area contributed by atoms with Gasteiger partial charge in [0.15, 0.2) is 0 Å². The first-order chi connectivity index (χ1) is 2.89. The zero-order valence-corrected chi connectivity index (χ0v) is 9.48. The van der Waals surface area contributed by atoms with Crippen LogP contribution in [-0.4, -0.2) is 0 Å². The van der Waals surface area contributed by atoms with Gasteiger partial charge in [-0.05, 0) is 0 Å². The molecule has 3 heteroatoms. The van der Waals surface area contributed by atoms with Crippen LogP contribution in [0.2, 0.25) is 0 Å². The molecule has 0 amide bonds. The Morgan fingerprint density at radius 2 is 2.00 bits per heavy atom. The minimum atomic E-state index is 0. The van der Waals surface area contributed by atoms with Gasteiger partial charge in [0.1, 0.15) is 0 Å². The van der Waals surface area contributed by atoms with Gasteiger partial charge in [0.05, 0.1) is 0 Å². The molecule has 0 unspecified atom stereocenters. The molecule has 0 aromatic carbocycles. The molecule has 0 bridgehead atoms. The Balaban J connectivity index is 0. The van der Waals surface area contributed by atoms with E-state index in [9.17, 15) is 0 Å². The second-order valence-corrected chi connectivity index (χ2v) is 3.63. The maximum atomic E-state index is 2.20. The van der Waals surface area contributed by atoms with Crippen LogP contribution in [0.15, 0.2) is 21.6 Å². The quantitative estimate of drug-likeness (QED) is 0.601. The van der Waals surface area contributed by atoms with Crippen LogP contribution in [0, 0.1) is 0 Å². The summed E-state index contributed by atoms with van der Waals surface area (Å²) in [5.74, 6) is 0. The predicted molar refractivity (Wildman–Crippen MR) is 36.3 cm³/mol. The van der Waals surface area contributed by atoms with Crippen molar-refractivity contribution in [3.8, 4) is 0 Å². The fraction of sp³-hybridized carbons (Fsp3) is 0.200. The van der Waals surface area contributed by atoms with Crippen LogP contribution in [0.25, 0.3) is 0 Å². The number of hydrogen-bond acceptors (Lipinski definition) is 0. The van der Waals surface area contributed by atoms with Gasteiger partial charge in [0, 0.05) is 0 Å². The SMILES string of the molecule is Cl.Cl.[Hf][C]1=CC=CC1. The van der Waals surface area contributed by atoms with Gasteiger partial charge in [0.25, 0.3) is 0 Å². The first kappa shape index (κ1) is 11.7. The van der Waals surface area contributed by atoms with Gasteiger partial charge in [-0.15, -0.1) is 24.8 Å². The van der Waals surface area contributed by atoms with Gasteiger partial charge in [-0.25, -0.2) is 0 Å². The van der Waals surface area contributed by atoms with Crippen molar-refractivity contribution in [3.63, 3.8) is 0 Å². The van der Waals surface area contributed by atoms with Crippen molar-refractivity contribution in [2.75, 3.05) is 0 Å². The third kappa shape index (κ3) is 3.88. The van der Waals surface area contributed by atoms with Gasteiger partial charge in [-0.1, -0.05) is 0 Å². The van der Waals surface area contributed by atoms with E-state index in [2.05, 4.69) is 18.2 Å². The Labute approximate surface area is 76.8 Å². The maximum absolute atomic E-state index is 2.20. The molecule has 1 rings (SSSR count). The Bertz CT molecular complexity index is 107. The van der Waals surface area contributed by atoms with Gasteiger partial charge in [-0.3, -0.25) is 0 Å². The molecule has 0 spiro atoms. The van der Waals surface area contributed by atoms with Crippen LogP contribution >= 0.6 is 24.8 Å². The van der Waals surface area contributed by atoms with E-state index in [1.54, 1.807) is 3.33 Å². The summed E-state index contributed by atoms with van der Waals surface area (Å²) in [6, 6.07) is 0. The van der Waals surface area contributed by atoms with Crippen LogP contribution < -0.4 is 0 Å². The van der Waals surface area contributed by atoms with Gasteiger partial charge in [-0.2, -0.15) is 0 Å². The molecule has 0 nitrogen and oxygen atoms in total. The molecule has 1 aliphatic carbocycles. The Hall–Kier alpha value is 0.930. The van der Waals surface area contributed by atoms with Crippen molar-refractivity contribution in [1.82, 2.24) is 0 Å². The zero-order valence-electron chi connectivity index (χ0n) is 4.26. The molecular weight excluding hydrogens is 309 g/mol. The topological polar surface area (TPSA) is 0 Å². The van der Waals surface area contributed by atoms with Crippen LogP contribution in [-0.2, 0) is 24.4 Å². The van der Waals surface area contributed by atoms with Crippen molar-refractivity contribution < 1.29 is 24.4 Å². The predicted octanol–water partition coefficient (Wildman–Crippen LogP) is 2.22. The number of hydrogen-bond donors (Lipinski definition) is 0. The molecule has 1 aliphatic rings. The average molecular weight is 317 g/mol. The van der Waals surface area contributed by atoms with Crippen LogP contribution in [0.3, 0.4) is 0 Å². The Morgan fingerprint density at radius 3 is 2.12 bits per heavy atom. The number of allylic oxidation sites excluding steroid dienone is 4. The molecule has 0 atom stereocenters. The van der Waals surface area contributed by atoms with Crippen molar-refractivity contribution in [2.45, 2.75) is 6.42 Å². The standard InChI is InChI=1S/C5H5.2ClH.Hf/c1-2-4-5-3-1;;;/h1-3H,4H2;2*1H;. The summed E-state index contributed by atoms with van der Waals surface area (Å²) in [5, 5.41) is 0. The summed E-state index contributed by atoms with van der Waals surface area (Å²) in [6.07, 6.45) is 7.75. The summed E-state index contributed by atoms with van der Waals surface area (Å²) in [5.41, 5.74) is 0. The summed E-state index contributed by atoms with van der Waals surface area (Å²) in [6.45, 7) is 0. The summed E-state index contributed by atoms with van der Waals surface area (Å²) in [4.78, 5) is 0. The fourth-order valence-corrected chi connectivity index (χ4v) is 1.22. The zero-order chi connectivity index (χ0) is 4.41. The number of halogens is 2. The van der Waals surface area contributed by atoms with Gasteiger partial charge >= 0.3 is 52.4 Å². The van der Waals surface area contributed by atoms with Crippen LogP contribution in [0.5, 0.6) is 0 Å². The molecule has 0 heterocycles. The van der Waals surface area contributed by atoms with E-state index in [4.69, 9.17) is 0 Å². The van der Waals surface area contributed by atoms with E-state index < -0.39 is 0 Å². The van der Waals surface area contributed by atoms with Crippen molar-refractivity contribution in [1.29, 1.82) is 0 Å². The second-order valence-electron chi connectivity index (χ2n) is 1.32. The fourth-order valence-electron chi connectivity index (χ4n) is 0.447. The molecule has 0 aromatic heterocycles. The molecule has 8 heavy (non-hydrogen) atoms. The molecule has 0 saturated heterocycles. The normalized spacial score (nSPS) is 13.6. The van der Waals surface area contributed by atoms with E-state index in [1.807, 2.05) is 0 Å². The average Bonchev–Trinajstić information content (AvgIpc) is 1.86. The molecule has 0 aliphatic heterocycles. The number of rotatable bonds is 0. The van der Waals surface area contributed by atoms with Crippen LogP contribution in [0.4, 0.5) is 0 Å². The Morgan fingerprint density at radius 1 is 1.38 bits per heavy atom. The molecular formula is C5H7Cl2Hf. The minimum absolute atomic E-state index is 0. The second kappa shape index (κ2) is 6.06. The molecule has 45 valence electrons. The molecule has 0 saturated carbocycles. The summed E-state index contributed by atoms with van der Waals surface area (Å²) >= 11 is 1.25. The van der Waals surface area contributed by atoms with E-state index in [1.165, 1.54) is 30.8 Å². The molecule has 0 fully saturated rings. The molecule has 0 aromatic rings. The monoisotopic (exact) mass is 317 g/mol. The third-order valence-electron chi connectivity index (χ3n) is 0.771. The third-order valence-corrected chi connectivity index (χ3v) is 2.10. The first-order valence-corrected chi connectivity index (χ1v) is 3.76.